The predicted molar refractivity (Wildman–Crippen MR) is 236 cm³/mol. The van der Waals surface area contributed by atoms with E-state index in [1.165, 1.54) is 47.4 Å². The molecule has 5 nitrogen and oxygen atoms in total. The molecular formula is C51H28N4OS. The molecular weight excluding hydrogens is 717 g/mol. The third kappa shape index (κ3) is 4.41. The van der Waals surface area contributed by atoms with Gasteiger partial charge < -0.3 is 8.82 Å². The second-order valence-corrected chi connectivity index (χ2v) is 15.8. The van der Waals surface area contributed by atoms with Gasteiger partial charge in [-0.1, -0.05) is 115 Å². The summed E-state index contributed by atoms with van der Waals surface area (Å²) in [6.07, 6.45) is 0. The average molecular weight is 745 g/mol. The quantitative estimate of drug-likeness (QED) is 0.180. The van der Waals surface area contributed by atoms with Crippen molar-refractivity contribution in [2.45, 2.75) is 0 Å². The summed E-state index contributed by atoms with van der Waals surface area (Å²) < 4.78 is 11.3. The first-order valence-corrected chi connectivity index (χ1v) is 19.9. The van der Waals surface area contributed by atoms with Gasteiger partial charge in [0.25, 0.3) is 0 Å². The van der Waals surface area contributed by atoms with E-state index in [0.29, 0.717) is 17.5 Å². The number of hydrogen-bond acceptors (Lipinski definition) is 5. The molecule has 0 aliphatic rings. The molecule has 0 spiro atoms. The summed E-state index contributed by atoms with van der Waals surface area (Å²) in [5, 5.41) is 9.47. The molecule has 0 aliphatic heterocycles. The van der Waals surface area contributed by atoms with Gasteiger partial charge >= 0.3 is 0 Å². The number of furan rings is 1. The van der Waals surface area contributed by atoms with Gasteiger partial charge in [0.15, 0.2) is 17.5 Å². The monoisotopic (exact) mass is 744 g/mol. The summed E-state index contributed by atoms with van der Waals surface area (Å²) in [6.45, 7) is 0. The highest BCUT2D eigenvalue weighted by atomic mass is 32.1. The minimum atomic E-state index is 0.603. The van der Waals surface area contributed by atoms with E-state index in [-0.39, 0.29) is 0 Å². The Morgan fingerprint density at radius 2 is 1.05 bits per heavy atom. The molecule has 0 N–H and O–H groups in total. The first-order chi connectivity index (χ1) is 28.2. The summed E-state index contributed by atoms with van der Waals surface area (Å²) in [7, 11) is 0. The second-order valence-electron chi connectivity index (χ2n) is 14.7. The maximum Gasteiger partial charge on any atom is 0.164 e. The molecule has 0 bridgehead atoms. The third-order valence-electron chi connectivity index (χ3n) is 11.6. The SMILES string of the molecule is c1ccc(-c2cccc(-c3nc(-c4ccc5oc6ccccc6c5c4)nc(-c4cccc5c4c4cccc6sc7ccc8c9ccccc9n5c8c7c64)n3)c2)cc1. The number of hydrogen-bond donors (Lipinski definition) is 0. The maximum absolute atomic E-state index is 6.22. The van der Waals surface area contributed by atoms with Crippen LogP contribution in [0.15, 0.2) is 174 Å². The Kier molecular flexibility index (Phi) is 6.26. The van der Waals surface area contributed by atoms with E-state index in [4.69, 9.17) is 19.4 Å². The lowest BCUT2D eigenvalue weighted by Gasteiger charge is -2.12. The molecule has 5 heterocycles. The Hall–Kier alpha value is -7.41. The summed E-state index contributed by atoms with van der Waals surface area (Å²) in [5.74, 6) is 1.84. The van der Waals surface area contributed by atoms with Gasteiger partial charge in [0.2, 0.25) is 0 Å². The Morgan fingerprint density at radius 1 is 0.386 bits per heavy atom. The lowest BCUT2D eigenvalue weighted by Crippen LogP contribution is -2.01. The van der Waals surface area contributed by atoms with E-state index in [1.807, 2.05) is 41.7 Å². The fraction of sp³-hybridized carbons (Fsp3) is 0. The molecule has 0 saturated heterocycles. The number of para-hydroxylation sites is 2. The van der Waals surface area contributed by atoms with Crippen molar-refractivity contribution < 1.29 is 4.42 Å². The van der Waals surface area contributed by atoms with Crippen LogP contribution in [-0.4, -0.2) is 19.4 Å². The standard InChI is InChI=1S/C51H28N4OS/c1-2-11-29(12-3-1)30-13-8-14-31(27-30)49-52-50(32-23-25-42-38(28-32)34-16-5-7-21-41(34)56-42)54-51(53-49)37-18-9-20-40-45(37)36-17-10-22-43-46(36)47-44(57-43)26-24-35-33-15-4-6-19-39(33)55(40)48(35)47/h1-28H. The van der Waals surface area contributed by atoms with E-state index in [2.05, 4.69) is 144 Å². The smallest absolute Gasteiger partial charge is 0.164 e. The molecule has 0 radical (unpaired) electrons. The number of fused-ring (bicyclic) bond motifs is 9. The highest BCUT2D eigenvalue weighted by molar-refractivity contribution is 7.26. The normalized spacial score (nSPS) is 12.2. The molecule has 6 heteroatoms. The maximum atomic E-state index is 6.22. The number of thiophene rings is 1. The molecule has 0 saturated carbocycles. The molecule has 13 aromatic rings. The molecule has 57 heavy (non-hydrogen) atoms. The molecule has 0 aliphatic carbocycles. The number of aromatic nitrogens is 4. The summed E-state index contributed by atoms with van der Waals surface area (Å²) >= 11 is 1.86. The lowest BCUT2D eigenvalue weighted by molar-refractivity contribution is 0.669. The van der Waals surface area contributed by atoms with Crippen molar-refractivity contribution in [1.82, 2.24) is 19.4 Å². The van der Waals surface area contributed by atoms with Crippen molar-refractivity contribution in [3.63, 3.8) is 0 Å². The number of nitrogens with zero attached hydrogens (tertiary/aromatic N) is 4. The van der Waals surface area contributed by atoms with Gasteiger partial charge in [0, 0.05) is 63.8 Å². The molecule has 0 amide bonds. The van der Waals surface area contributed by atoms with E-state index in [0.717, 1.165) is 60.7 Å². The summed E-state index contributed by atoms with van der Waals surface area (Å²) in [4.78, 5) is 16.0. The number of rotatable bonds is 4. The first-order valence-electron chi connectivity index (χ1n) is 19.1. The highest BCUT2D eigenvalue weighted by Crippen LogP contribution is 2.47. The molecule has 0 fully saturated rings. The molecule has 0 atom stereocenters. The Balaban J connectivity index is 1.15. The molecule has 13 rings (SSSR count). The van der Waals surface area contributed by atoms with Gasteiger partial charge in [-0.2, -0.15) is 0 Å². The fourth-order valence-electron chi connectivity index (χ4n) is 9.10. The average Bonchev–Trinajstić information content (AvgIpc) is 3.93. The van der Waals surface area contributed by atoms with Crippen molar-refractivity contribution in [1.29, 1.82) is 0 Å². The van der Waals surface area contributed by atoms with E-state index in [9.17, 15) is 0 Å². The van der Waals surface area contributed by atoms with E-state index >= 15 is 0 Å². The van der Waals surface area contributed by atoms with Crippen LogP contribution in [0, 0.1) is 0 Å². The highest BCUT2D eigenvalue weighted by Gasteiger charge is 2.23. The largest absolute Gasteiger partial charge is 0.456 e. The van der Waals surface area contributed by atoms with Gasteiger partial charge in [0.05, 0.1) is 16.6 Å². The van der Waals surface area contributed by atoms with Crippen LogP contribution in [0.4, 0.5) is 0 Å². The van der Waals surface area contributed by atoms with Crippen LogP contribution in [0.2, 0.25) is 0 Å². The van der Waals surface area contributed by atoms with Gasteiger partial charge in [-0.05, 0) is 71.1 Å². The van der Waals surface area contributed by atoms with Gasteiger partial charge in [0.1, 0.15) is 11.2 Å². The van der Waals surface area contributed by atoms with E-state index in [1.54, 1.807) is 0 Å². The lowest BCUT2D eigenvalue weighted by atomic mass is 10.00. The Labute approximate surface area is 329 Å². The van der Waals surface area contributed by atoms with Crippen LogP contribution in [0.3, 0.4) is 0 Å². The fourth-order valence-corrected chi connectivity index (χ4v) is 10.2. The zero-order chi connectivity index (χ0) is 37.2. The Bertz CT molecular complexity index is 3760. The Morgan fingerprint density at radius 3 is 1.96 bits per heavy atom. The third-order valence-corrected chi connectivity index (χ3v) is 12.7. The minimum Gasteiger partial charge on any atom is -0.456 e. The molecule has 0 unspecified atom stereocenters. The van der Waals surface area contributed by atoms with Crippen molar-refractivity contribution in [2.75, 3.05) is 0 Å². The zero-order valence-corrected chi connectivity index (χ0v) is 31.1. The van der Waals surface area contributed by atoms with Crippen LogP contribution >= 0.6 is 11.3 Å². The molecule has 5 aromatic heterocycles. The van der Waals surface area contributed by atoms with Crippen LogP contribution in [-0.2, 0) is 0 Å². The minimum absolute atomic E-state index is 0.603. The van der Waals surface area contributed by atoms with Crippen molar-refractivity contribution in [2.24, 2.45) is 0 Å². The van der Waals surface area contributed by atoms with Crippen LogP contribution in [0.5, 0.6) is 0 Å². The summed E-state index contributed by atoms with van der Waals surface area (Å²) in [6, 6.07) is 60.0. The topological polar surface area (TPSA) is 56.2 Å². The van der Waals surface area contributed by atoms with Crippen molar-refractivity contribution >= 4 is 91.5 Å². The summed E-state index contributed by atoms with van der Waals surface area (Å²) in [5.41, 5.74) is 10.2. The van der Waals surface area contributed by atoms with Gasteiger partial charge in [-0.15, -0.1) is 11.3 Å². The first kappa shape index (κ1) is 30.9. The molecule has 264 valence electrons. The van der Waals surface area contributed by atoms with Crippen molar-refractivity contribution in [3.05, 3.63) is 170 Å². The van der Waals surface area contributed by atoms with Crippen molar-refractivity contribution in [3.8, 4) is 45.3 Å². The second kappa shape index (κ2) is 11.6. The van der Waals surface area contributed by atoms with Gasteiger partial charge in [-0.25, -0.2) is 15.0 Å². The zero-order valence-electron chi connectivity index (χ0n) is 30.3. The predicted octanol–water partition coefficient (Wildman–Crippen LogP) is 14.0. The van der Waals surface area contributed by atoms with E-state index < -0.39 is 0 Å². The molecule has 8 aromatic carbocycles. The van der Waals surface area contributed by atoms with Crippen LogP contribution in [0.1, 0.15) is 0 Å². The number of benzene rings is 8. The van der Waals surface area contributed by atoms with Crippen LogP contribution < -0.4 is 0 Å². The van der Waals surface area contributed by atoms with Gasteiger partial charge in [-0.3, -0.25) is 0 Å². The van der Waals surface area contributed by atoms with Crippen LogP contribution in [0.25, 0.3) is 125 Å².